The summed E-state index contributed by atoms with van der Waals surface area (Å²) in [5, 5.41) is 2.60. The number of carbonyl (C=O) groups is 2. The van der Waals surface area contributed by atoms with Crippen molar-refractivity contribution in [3.8, 4) is 0 Å². The fourth-order valence-electron chi connectivity index (χ4n) is 2.98. The topological polar surface area (TPSA) is 110 Å². The van der Waals surface area contributed by atoms with Gasteiger partial charge in [0.2, 0.25) is 0 Å². The van der Waals surface area contributed by atoms with Crippen molar-refractivity contribution in [3.05, 3.63) is 28.7 Å². The van der Waals surface area contributed by atoms with Gasteiger partial charge in [0.25, 0.3) is 5.56 Å². The summed E-state index contributed by atoms with van der Waals surface area (Å²) in [5.41, 5.74) is 0.946. The molecule has 3 heterocycles. The van der Waals surface area contributed by atoms with Gasteiger partial charge in [-0.2, -0.15) is 0 Å². The van der Waals surface area contributed by atoms with E-state index in [4.69, 9.17) is 0 Å². The summed E-state index contributed by atoms with van der Waals surface area (Å²) >= 11 is 0. The lowest BCUT2D eigenvalue weighted by Crippen LogP contribution is -2.55. The Labute approximate surface area is 155 Å². The van der Waals surface area contributed by atoms with E-state index in [9.17, 15) is 14.4 Å². The number of esters is 1. The molecule has 2 amide bonds. The van der Waals surface area contributed by atoms with E-state index in [1.807, 2.05) is 11.0 Å². The van der Waals surface area contributed by atoms with Gasteiger partial charge in [-0.15, -0.1) is 0 Å². The standard InChI is InChI=1S/C17H22N6O4/c1-11(16(25)27-3)19-17(26)23-9-7-22(8-10-23)14-15(24)21(2)13-12(20-14)5-4-6-18-13/h4-6,11H,7-10H2,1-3H3,(H,19,26)/t11-/m1/s1. The van der Waals surface area contributed by atoms with Crippen LogP contribution in [0, 0.1) is 0 Å². The molecule has 10 heteroatoms. The van der Waals surface area contributed by atoms with Crippen LogP contribution in [-0.4, -0.2) is 70.8 Å². The van der Waals surface area contributed by atoms with Crippen LogP contribution < -0.4 is 15.8 Å². The summed E-state index contributed by atoms with van der Waals surface area (Å²) in [7, 11) is 2.94. The fourth-order valence-corrected chi connectivity index (χ4v) is 2.98. The minimum absolute atomic E-state index is 0.224. The number of urea groups is 1. The molecule has 1 atom stereocenters. The monoisotopic (exact) mass is 374 g/mol. The Morgan fingerprint density at radius 1 is 1.26 bits per heavy atom. The molecule has 144 valence electrons. The third kappa shape index (κ3) is 3.69. The van der Waals surface area contributed by atoms with E-state index in [1.54, 1.807) is 31.1 Å². The van der Waals surface area contributed by atoms with E-state index in [-0.39, 0.29) is 11.6 Å². The van der Waals surface area contributed by atoms with Gasteiger partial charge in [0.1, 0.15) is 11.6 Å². The van der Waals surface area contributed by atoms with Crippen LogP contribution in [0.25, 0.3) is 11.2 Å². The summed E-state index contributed by atoms with van der Waals surface area (Å²) in [6.07, 6.45) is 1.62. The number of nitrogens with one attached hydrogen (secondary N) is 1. The summed E-state index contributed by atoms with van der Waals surface area (Å²) < 4.78 is 6.08. The van der Waals surface area contributed by atoms with Crippen LogP contribution in [0.4, 0.5) is 10.6 Å². The highest BCUT2D eigenvalue weighted by atomic mass is 16.5. The Bertz CT molecular complexity index is 919. The van der Waals surface area contributed by atoms with Gasteiger partial charge in [0, 0.05) is 39.4 Å². The van der Waals surface area contributed by atoms with Crippen molar-refractivity contribution in [2.45, 2.75) is 13.0 Å². The molecule has 1 saturated heterocycles. The molecule has 0 radical (unpaired) electrons. The van der Waals surface area contributed by atoms with Gasteiger partial charge in [-0.05, 0) is 19.1 Å². The normalized spacial score (nSPS) is 15.5. The lowest BCUT2D eigenvalue weighted by molar-refractivity contribution is -0.142. The molecule has 0 unspecified atom stereocenters. The zero-order chi connectivity index (χ0) is 19.6. The number of amides is 2. The number of pyridine rings is 1. The predicted molar refractivity (Wildman–Crippen MR) is 98.6 cm³/mol. The molecule has 3 rings (SSSR count). The molecule has 1 aliphatic rings. The molecule has 1 aliphatic heterocycles. The summed E-state index contributed by atoms with van der Waals surface area (Å²) in [4.78, 5) is 48.4. The number of nitrogens with zero attached hydrogens (tertiary/aromatic N) is 5. The van der Waals surface area contributed by atoms with Gasteiger partial charge in [0.15, 0.2) is 11.5 Å². The number of aryl methyl sites for hydroxylation is 1. The van der Waals surface area contributed by atoms with Crippen LogP contribution in [0.1, 0.15) is 6.92 Å². The smallest absolute Gasteiger partial charge is 0.328 e. The predicted octanol–water partition coefficient (Wildman–Crippen LogP) is -0.278. The molecule has 1 fully saturated rings. The number of anilines is 1. The minimum Gasteiger partial charge on any atom is -0.467 e. The van der Waals surface area contributed by atoms with Crippen LogP contribution in [0.3, 0.4) is 0 Å². The van der Waals surface area contributed by atoms with Gasteiger partial charge in [-0.3, -0.25) is 9.36 Å². The van der Waals surface area contributed by atoms with Crippen LogP contribution in [0.2, 0.25) is 0 Å². The summed E-state index contributed by atoms with van der Waals surface area (Å²) in [6, 6.07) is 2.52. The summed E-state index contributed by atoms with van der Waals surface area (Å²) in [6.45, 7) is 3.32. The molecule has 0 bridgehead atoms. The van der Waals surface area contributed by atoms with Crippen molar-refractivity contribution in [2.75, 3.05) is 38.2 Å². The Morgan fingerprint density at radius 2 is 1.96 bits per heavy atom. The van der Waals surface area contributed by atoms with Crippen molar-refractivity contribution in [2.24, 2.45) is 7.05 Å². The number of rotatable bonds is 3. The molecule has 0 aromatic carbocycles. The number of aromatic nitrogens is 3. The van der Waals surface area contributed by atoms with Gasteiger partial charge in [0.05, 0.1) is 7.11 Å². The average Bonchev–Trinajstić information content (AvgIpc) is 2.70. The third-order valence-corrected chi connectivity index (χ3v) is 4.57. The number of hydrogen-bond donors (Lipinski definition) is 1. The van der Waals surface area contributed by atoms with Gasteiger partial charge in [-0.1, -0.05) is 0 Å². The van der Waals surface area contributed by atoms with E-state index in [0.29, 0.717) is 43.2 Å². The molecule has 0 saturated carbocycles. The number of methoxy groups -OCH3 is 1. The van der Waals surface area contributed by atoms with Crippen molar-refractivity contribution in [1.29, 1.82) is 0 Å². The molecular formula is C17H22N6O4. The van der Waals surface area contributed by atoms with Gasteiger partial charge < -0.3 is 19.9 Å². The number of fused-ring (bicyclic) bond motifs is 1. The zero-order valence-corrected chi connectivity index (χ0v) is 15.5. The van der Waals surface area contributed by atoms with Gasteiger partial charge >= 0.3 is 12.0 Å². The van der Waals surface area contributed by atoms with Crippen molar-refractivity contribution in [1.82, 2.24) is 24.8 Å². The molecule has 2 aromatic heterocycles. The SMILES string of the molecule is COC(=O)[C@@H](C)NC(=O)N1CCN(c2nc3cccnc3n(C)c2=O)CC1. The maximum Gasteiger partial charge on any atom is 0.328 e. The molecular weight excluding hydrogens is 352 g/mol. The van der Waals surface area contributed by atoms with Crippen LogP contribution >= 0.6 is 0 Å². The Balaban J connectivity index is 1.70. The number of carbonyl (C=O) groups excluding carboxylic acids is 2. The minimum atomic E-state index is -0.720. The highest BCUT2D eigenvalue weighted by molar-refractivity contribution is 5.83. The summed E-state index contributed by atoms with van der Waals surface area (Å²) in [5.74, 6) is -0.152. The Hall–Kier alpha value is -3.17. The Kier molecular flexibility index (Phi) is 5.24. The second-order valence-electron chi connectivity index (χ2n) is 6.31. The number of hydrogen-bond acceptors (Lipinski definition) is 7. The zero-order valence-electron chi connectivity index (χ0n) is 15.5. The van der Waals surface area contributed by atoms with E-state index >= 15 is 0 Å². The molecule has 0 spiro atoms. The molecule has 2 aromatic rings. The molecule has 27 heavy (non-hydrogen) atoms. The van der Waals surface area contributed by atoms with Crippen LogP contribution in [0.15, 0.2) is 23.1 Å². The van der Waals surface area contributed by atoms with Gasteiger partial charge in [-0.25, -0.2) is 19.6 Å². The first kappa shape index (κ1) is 18.6. The quantitative estimate of drug-likeness (QED) is 0.736. The van der Waals surface area contributed by atoms with Crippen molar-refractivity contribution >= 4 is 29.0 Å². The first-order chi connectivity index (χ1) is 12.9. The van der Waals surface area contributed by atoms with E-state index in [0.717, 1.165) is 0 Å². The van der Waals surface area contributed by atoms with E-state index in [2.05, 4.69) is 20.0 Å². The van der Waals surface area contributed by atoms with Crippen LogP contribution in [-0.2, 0) is 16.6 Å². The highest BCUT2D eigenvalue weighted by Crippen LogP contribution is 2.14. The molecule has 1 N–H and O–H groups in total. The second kappa shape index (κ2) is 7.60. The van der Waals surface area contributed by atoms with Crippen molar-refractivity contribution in [3.63, 3.8) is 0 Å². The number of piperazine rings is 1. The lowest BCUT2D eigenvalue weighted by Gasteiger charge is -2.35. The molecule has 10 nitrogen and oxygen atoms in total. The number of ether oxygens (including phenoxy) is 1. The molecule has 0 aliphatic carbocycles. The maximum absolute atomic E-state index is 12.6. The average molecular weight is 374 g/mol. The first-order valence-electron chi connectivity index (χ1n) is 8.62. The van der Waals surface area contributed by atoms with Crippen LogP contribution in [0.5, 0.6) is 0 Å². The van der Waals surface area contributed by atoms with Crippen molar-refractivity contribution < 1.29 is 14.3 Å². The Morgan fingerprint density at radius 3 is 2.63 bits per heavy atom. The largest absolute Gasteiger partial charge is 0.467 e. The fraction of sp³-hybridized carbons (Fsp3) is 0.471. The highest BCUT2D eigenvalue weighted by Gasteiger charge is 2.26. The maximum atomic E-state index is 12.6. The lowest BCUT2D eigenvalue weighted by atomic mass is 10.3. The van der Waals surface area contributed by atoms with E-state index < -0.39 is 12.0 Å². The first-order valence-corrected chi connectivity index (χ1v) is 8.62. The van der Waals surface area contributed by atoms with E-state index in [1.165, 1.54) is 11.7 Å². The third-order valence-electron chi connectivity index (χ3n) is 4.57. The second-order valence-corrected chi connectivity index (χ2v) is 6.31.